The van der Waals surface area contributed by atoms with Gasteiger partial charge in [0.25, 0.3) is 0 Å². The molecule has 0 saturated carbocycles. The molecule has 1 aromatic heterocycles. The summed E-state index contributed by atoms with van der Waals surface area (Å²) in [6.07, 6.45) is 3.65. The van der Waals surface area contributed by atoms with Crippen molar-refractivity contribution in [3.8, 4) is 11.1 Å². The van der Waals surface area contributed by atoms with Crippen molar-refractivity contribution in [1.29, 1.82) is 0 Å². The number of rotatable bonds is 3. The topological polar surface area (TPSA) is 53.1 Å². The minimum atomic E-state index is -0.818. The van der Waals surface area contributed by atoms with E-state index in [9.17, 15) is 4.79 Å². The first-order chi connectivity index (χ1) is 9.25. The lowest BCUT2D eigenvalue weighted by molar-refractivity contribution is -0.136. The molecule has 3 heteroatoms. The van der Waals surface area contributed by atoms with Crippen molar-refractivity contribution >= 4 is 16.7 Å². The number of hydrogen-bond donors (Lipinski definition) is 2. The number of aliphatic carboxylic acids is 1. The second-order valence-corrected chi connectivity index (χ2v) is 4.49. The SMILES string of the molecule is O=C(O)Cc1c[nH]cc1-c1cccc2ccccc12. The average molecular weight is 251 g/mol. The van der Waals surface area contributed by atoms with Gasteiger partial charge in [0.15, 0.2) is 0 Å². The zero-order valence-corrected chi connectivity index (χ0v) is 10.3. The Morgan fingerprint density at radius 1 is 1.00 bits per heavy atom. The lowest BCUT2D eigenvalue weighted by Gasteiger charge is -2.07. The number of fused-ring (bicyclic) bond motifs is 1. The van der Waals surface area contributed by atoms with E-state index in [1.54, 1.807) is 6.20 Å². The van der Waals surface area contributed by atoms with Gasteiger partial charge >= 0.3 is 5.97 Å². The predicted molar refractivity (Wildman–Crippen MR) is 75.1 cm³/mol. The Bertz CT molecular complexity index is 738. The van der Waals surface area contributed by atoms with E-state index in [1.807, 2.05) is 30.5 Å². The second-order valence-electron chi connectivity index (χ2n) is 4.49. The maximum Gasteiger partial charge on any atom is 0.307 e. The number of aromatic nitrogens is 1. The van der Waals surface area contributed by atoms with Gasteiger partial charge in [-0.05, 0) is 21.9 Å². The molecule has 0 bridgehead atoms. The molecule has 94 valence electrons. The van der Waals surface area contributed by atoms with Gasteiger partial charge in [-0.25, -0.2) is 0 Å². The molecule has 0 amide bonds. The van der Waals surface area contributed by atoms with Crippen molar-refractivity contribution in [3.63, 3.8) is 0 Å². The number of aromatic amines is 1. The summed E-state index contributed by atoms with van der Waals surface area (Å²) in [6.45, 7) is 0. The highest BCUT2D eigenvalue weighted by atomic mass is 16.4. The Kier molecular flexibility index (Phi) is 2.80. The van der Waals surface area contributed by atoms with Crippen LogP contribution in [0.25, 0.3) is 21.9 Å². The van der Waals surface area contributed by atoms with Gasteiger partial charge in [-0.3, -0.25) is 4.79 Å². The minimum absolute atomic E-state index is 0.0298. The number of carboxylic acid groups (broad SMARTS) is 1. The summed E-state index contributed by atoms with van der Waals surface area (Å²) in [7, 11) is 0. The summed E-state index contributed by atoms with van der Waals surface area (Å²) in [6, 6.07) is 14.2. The first kappa shape index (κ1) is 11.5. The van der Waals surface area contributed by atoms with E-state index in [4.69, 9.17) is 5.11 Å². The van der Waals surface area contributed by atoms with Gasteiger partial charge in [0.2, 0.25) is 0 Å². The third-order valence-electron chi connectivity index (χ3n) is 3.25. The van der Waals surface area contributed by atoms with Crippen LogP contribution in [-0.4, -0.2) is 16.1 Å². The molecule has 1 heterocycles. The zero-order valence-electron chi connectivity index (χ0n) is 10.3. The van der Waals surface area contributed by atoms with Crippen LogP contribution in [0, 0.1) is 0 Å². The minimum Gasteiger partial charge on any atom is -0.481 e. The van der Waals surface area contributed by atoms with Gasteiger partial charge in [-0.1, -0.05) is 42.5 Å². The molecule has 2 N–H and O–H groups in total. The molecule has 2 aromatic carbocycles. The van der Waals surface area contributed by atoms with Gasteiger partial charge < -0.3 is 10.1 Å². The lowest BCUT2D eigenvalue weighted by Crippen LogP contribution is -2.00. The van der Waals surface area contributed by atoms with Crippen molar-refractivity contribution in [2.75, 3.05) is 0 Å². The van der Waals surface area contributed by atoms with E-state index >= 15 is 0 Å². The Labute approximate surface area is 110 Å². The summed E-state index contributed by atoms with van der Waals surface area (Å²) in [5.41, 5.74) is 2.83. The van der Waals surface area contributed by atoms with Crippen molar-refractivity contribution < 1.29 is 9.90 Å². The molecule has 0 spiro atoms. The van der Waals surface area contributed by atoms with E-state index < -0.39 is 5.97 Å². The highest BCUT2D eigenvalue weighted by Crippen LogP contribution is 2.31. The Hall–Kier alpha value is -2.55. The monoisotopic (exact) mass is 251 g/mol. The standard InChI is InChI=1S/C16H13NO2/c18-16(19)8-12-9-17-10-15(12)14-7-3-5-11-4-1-2-6-13(11)14/h1-7,9-10,17H,8H2,(H,18,19). The Balaban J connectivity index is 2.20. The molecular weight excluding hydrogens is 238 g/mol. The smallest absolute Gasteiger partial charge is 0.307 e. The zero-order chi connectivity index (χ0) is 13.2. The third-order valence-corrected chi connectivity index (χ3v) is 3.25. The number of carbonyl (C=O) groups is 1. The number of nitrogens with one attached hydrogen (secondary N) is 1. The molecule has 0 aliphatic heterocycles. The number of H-pyrrole nitrogens is 1. The predicted octanol–water partition coefficient (Wildman–Crippen LogP) is 3.46. The Morgan fingerprint density at radius 2 is 1.79 bits per heavy atom. The maximum atomic E-state index is 10.9. The van der Waals surface area contributed by atoms with Crippen LogP contribution in [0.2, 0.25) is 0 Å². The van der Waals surface area contributed by atoms with Crippen LogP contribution in [-0.2, 0) is 11.2 Å². The molecule has 3 aromatic rings. The molecule has 0 fully saturated rings. The summed E-state index contributed by atoms with van der Waals surface area (Å²) >= 11 is 0. The van der Waals surface area contributed by atoms with Gasteiger partial charge in [0.1, 0.15) is 0 Å². The first-order valence-corrected chi connectivity index (χ1v) is 6.11. The fourth-order valence-electron chi connectivity index (χ4n) is 2.42. The fourth-order valence-corrected chi connectivity index (χ4v) is 2.42. The van der Waals surface area contributed by atoms with E-state index in [2.05, 4.69) is 23.2 Å². The van der Waals surface area contributed by atoms with Gasteiger partial charge in [-0.15, -0.1) is 0 Å². The van der Waals surface area contributed by atoms with Gasteiger partial charge in [0.05, 0.1) is 6.42 Å². The maximum absolute atomic E-state index is 10.9. The average Bonchev–Trinajstić information content (AvgIpc) is 2.85. The highest BCUT2D eigenvalue weighted by Gasteiger charge is 2.11. The molecule has 0 atom stereocenters. The molecule has 0 radical (unpaired) electrons. The molecule has 0 saturated heterocycles. The quantitative estimate of drug-likeness (QED) is 0.749. The van der Waals surface area contributed by atoms with Crippen molar-refractivity contribution in [3.05, 3.63) is 60.4 Å². The summed E-state index contributed by atoms with van der Waals surface area (Å²) < 4.78 is 0. The van der Waals surface area contributed by atoms with Crippen LogP contribution in [0.1, 0.15) is 5.56 Å². The van der Waals surface area contributed by atoms with Crippen LogP contribution in [0.15, 0.2) is 54.9 Å². The van der Waals surface area contributed by atoms with Crippen LogP contribution in [0.3, 0.4) is 0 Å². The first-order valence-electron chi connectivity index (χ1n) is 6.11. The second kappa shape index (κ2) is 4.61. The number of hydrogen-bond acceptors (Lipinski definition) is 1. The summed E-state index contributed by atoms with van der Waals surface area (Å²) in [5.74, 6) is -0.818. The van der Waals surface area contributed by atoms with Crippen molar-refractivity contribution in [1.82, 2.24) is 4.98 Å². The van der Waals surface area contributed by atoms with Crippen LogP contribution in [0.5, 0.6) is 0 Å². The molecule has 0 aliphatic rings. The molecule has 3 rings (SSSR count). The molecule has 0 unspecified atom stereocenters. The third kappa shape index (κ3) is 2.10. The van der Waals surface area contributed by atoms with Crippen LogP contribution < -0.4 is 0 Å². The molecule has 0 aliphatic carbocycles. The van der Waals surface area contributed by atoms with Crippen molar-refractivity contribution in [2.45, 2.75) is 6.42 Å². The summed E-state index contributed by atoms with van der Waals surface area (Å²) in [5, 5.41) is 11.2. The number of carboxylic acids is 1. The normalized spacial score (nSPS) is 10.7. The van der Waals surface area contributed by atoms with Crippen LogP contribution >= 0.6 is 0 Å². The van der Waals surface area contributed by atoms with Crippen molar-refractivity contribution in [2.24, 2.45) is 0 Å². The number of benzene rings is 2. The highest BCUT2D eigenvalue weighted by molar-refractivity contribution is 5.97. The largest absolute Gasteiger partial charge is 0.481 e. The molecule has 3 nitrogen and oxygen atoms in total. The Morgan fingerprint density at radius 3 is 2.63 bits per heavy atom. The van der Waals surface area contributed by atoms with E-state index in [0.717, 1.165) is 27.5 Å². The van der Waals surface area contributed by atoms with Gasteiger partial charge in [-0.2, -0.15) is 0 Å². The summed E-state index contributed by atoms with van der Waals surface area (Å²) in [4.78, 5) is 13.9. The van der Waals surface area contributed by atoms with E-state index in [-0.39, 0.29) is 6.42 Å². The molecule has 19 heavy (non-hydrogen) atoms. The van der Waals surface area contributed by atoms with Gasteiger partial charge in [0, 0.05) is 18.0 Å². The molecular formula is C16H13NO2. The van der Waals surface area contributed by atoms with Crippen LogP contribution in [0.4, 0.5) is 0 Å². The lowest BCUT2D eigenvalue weighted by atomic mass is 9.97. The van der Waals surface area contributed by atoms with E-state index in [1.165, 1.54) is 0 Å². The van der Waals surface area contributed by atoms with E-state index in [0.29, 0.717) is 0 Å². The fraction of sp³-hybridized carbons (Fsp3) is 0.0625.